The van der Waals surface area contributed by atoms with E-state index in [4.69, 9.17) is 16.2 Å². The zero-order valence-corrected chi connectivity index (χ0v) is 11.4. The number of nitrogens with zero attached hydrogens (tertiary/aromatic N) is 1. The van der Waals surface area contributed by atoms with E-state index in [9.17, 15) is 4.79 Å². The van der Waals surface area contributed by atoms with E-state index in [1.54, 1.807) is 12.4 Å². The number of carbonyl (C=O) groups is 1. The third-order valence-corrected chi connectivity index (χ3v) is 3.83. The molecule has 0 spiro atoms. The molecule has 0 aromatic carbocycles. The van der Waals surface area contributed by atoms with Crippen molar-refractivity contribution < 1.29 is 9.53 Å². The van der Waals surface area contributed by atoms with Gasteiger partial charge in [-0.25, -0.2) is 0 Å². The minimum absolute atomic E-state index is 0.00794. The first-order valence-electron chi connectivity index (χ1n) is 5.55. The molecule has 0 aliphatic carbocycles. The number of nitrogen functional groups attached to an aromatic ring is 1. The van der Waals surface area contributed by atoms with E-state index >= 15 is 0 Å². The number of amides is 1. The lowest BCUT2D eigenvalue weighted by molar-refractivity contribution is 0.100. The molecule has 2 aromatic rings. The Morgan fingerprint density at radius 2 is 2.37 bits per heavy atom. The molecule has 0 fully saturated rings. The first-order valence-corrected chi connectivity index (χ1v) is 6.37. The van der Waals surface area contributed by atoms with Crippen LogP contribution in [0.25, 0.3) is 0 Å². The molecule has 19 heavy (non-hydrogen) atoms. The number of hydrogen-bond acceptors (Lipinski definition) is 6. The molecule has 7 nitrogen and oxygen atoms in total. The van der Waals surface area contributed by atoms with E-state index in [1.807, 2.05) is 6.92 Å². The maximum Gasteiger partial charge on any atom is 0.261 e. The maximum absolute atomic E-state index is 11.3. The Morgan fingerprint density at radius 1 is 1.63 bits per heavy atom. The van der Waals surface area contributed by atoms with Crippen LogP contribution in [0, 0.1) is 0 Å². The van der Waals surface area contributed by atoms with Gasteiger partial charge in [0, 0.05) is 11.8 Å². The topological polar surface area (TPSA) is 119 Å². The Bertz CT molecular complexity index is 578. The summed E-state index contributed by atoms with van der Waals surface area (Å²) in [6.07, 6.45) is 3.51. The average molecular weight is 281 g/mol. The van der Waals surface area contributed by atoms with E-state index in [0.717, 1.165) is 5.56 Å². The lowest BCUT2D eigenvalue weighted by Gasteiger charge is -2.13. The first kappa shape index (κ1) is 13.2. The summed E-state index contributed by atoms with van der Waals surface area (Å²) in [4.78, 5) is 11.6. The molecule has 1 atom stereocenters. The Morgan fingerprint density at radius 3 is 2.89 bits per heavy atom. The lowest BCUT2D eigenvalue weighted by atomic mass is 10.2. The van der Waals surface area contributed by atoms with E-state index in [1.165, 1.54) is 18.4 Å². The normalized spacial score (nSPS) is 12.1. The van der Waals surface area contributed by atoms with E-state index in [0.29, 0.717) is 15.6 Å². The summed E-state index contributed by atoms with van der Waals surface area (Å²) < 4.78 is 5.22. The lowest BCUT2D eigenvalue weighted by Crippen LogP contribution is -2.10. The molecule has 0 radical (unpaired) electrons. The molecular weight excluding hydrogens is 266 g/mol. The zero-order valence-electron chi connectivity index (χ0n) is 10.6. The van der Waals surface area contributed by atoms with Crippen LogP contribution in [0.2, 0.25) is 0 Å². The van der Waals surface area contributed by atoms with Gasteiger partial charge in [0.1, 0.15) is 15.6 Å². The number of H-pyrrole nitrogens is 1. The monoisotopic (exact) mass is 281 g/mol. The minimum Gasteiger partial charge on any atom is -0.492 e. The van der Waals surface area contributed by atoms with Crippen molar-refractivity contribution in [2.75, 3.05) is 18.2 Å². The van der Waals surface area contributed by atoms with Gasteiger partial charge in [-0.1, -0.05) is 0 Å². The number of ether oxygens (including phenoxy) is 1. The summed E-state index contributed by atoms with van der Waals surface area (Å²) in [5, 5.41) is 10.5. The second-order valence-electron chi connectivity index (χ2n) is 3.97. The van der Waals surface area contributed by atoms with Gasteiger partial charge < -0.3 is 21.5 Å². The quantitative estimate of drug-likeness (QED) is 0.659. The second-order valence-corrected chi connectivity index (χ2v) is 4.99. The van der Waals surface area contributed by atoms with Gasteiger partial charge in [0.25, 0.3) is 5.91 Å². The van der Waals surface area contributed by atoms with Gasteiger partial charge in [-0.3, -0.25) is 9.89 Å². The molecule has 1 unspecified atom stereocenters. The Labute approximate surface area is 113 Å². The van der Waals surface area contributed by atoms with E-state index < -0.39 is 5.91 Å². The number of nitrogens with two attached hydrogens (primary N) is 2. The fraction of sp³-hybridized carbons (Fsp3) is 0.273. The average Bonchev–Trinajstić information content (AvgIpc) is 2.97. The van der Waals surface area contributed by atoms with Crippen molar-refractivity contribution in [1.82, 2.24) is 10.2 Å². The zero-order chi connectivity index (χ0) is 14.0. The van der Waals surface area contributed by atoms with Gasteiger partial charge in [0.05, 0.1) is 19.3 Å². The molecule has 0 saturated carbocycles. The Balaban J connectivity index is 2.29. The molecule has 2 heterocycles. The van der Waals surface area contributed by atoms with Crippen LogP contribution in [0.3, 0.4) is 0 Å². The smallest absolute Gasteiger partial charge is 0.261 e. The maximum atomic E-state index is 11.3. The third-order valence-electron chi connectivity index (χ3n) is 2.69. The molecule has 8 heteroatoms. The number of nitrogens with one attached hydrogen (secondary N) is 2. The molecule has 0 aliphatic heterocycles. The van der Waals surface area contributed by atoms with Gasteiger partial charge in [0.15, 0.2) is 5.75 Å². The van der Waals surface area contributed by atoms with Crippen LogP contribution in [-0.2, 0) is 0 Å². The van der Waals surface area contributed by atoms with Crippen LogP contribution in [0.15, 0.2) is 12.4 Å². The van der Waals surface area contributed by atoms with Gasteiger partial charge in [-0.05, 0) is 6.92 Å². The highest BCUT2D eigenvalue weighted by molar-refractivity contribution is 7.19. The molecule has 0 saturated heterocycles. The number of hydrogen-bond donors (Lipinski definition) is 4. The number of thiophene rings is 1. The SMILES string of the molecule is COc1c(NC(C)c2cn[nH]c2)sc(C(N)=O)c1N. The van der Waals surface area contributed by atoms with Gasteiger partial charge in [-0.15, -0.1) is 11.3 Å². The fourth-order valence-electron chi connectivity index (χ4n) is 1.69. The molecule has 2 rings (SSSR count). The highest BCUT2D eigenvalue weighted by Crippen LogP contribution is 2.43. The summed E-state index contributed by atoms with van der Waals surface area (Å²) in [5.74, 6) is -0.126. The number of methoxy groups -OCH3 is 1. The summed E-state index contributed by atoms with van der Waals surface area (Å²) in [6.45, 7) is 1.96. The highest BCUT2D eigenvalue weighted by Gasteiger charge is 2.21. The Kier molecular flexibility index (Phi) is 3.61. The van der Waals surface area contributed by atoms with Crippen LogP contribution in [0.1, 0.15) is 28.2 Å². The molecular formula is C11H15N5O2S. The number of primary amides is 1. The third kappa shape index (κ3) is 2.48. The molecule has 0 aliphatic rings. The molecule has 102 valence electrons. The number of aromatic nitrogens is 2. The summed E-state index contributed by atoms with van der Waals surface area (Å²) in [5.41, 5.74) is 12.4. The van der Waals surface area contributed by atoms with Gasteiger partial charge in [0.2, 0.25) is 0 Å². The number of rotatable bonds is 5. The van der Waals surface area contributed by atoms with Crippen molar-refractivity contribution in [3.05, 3.63) is 22.8 Å². The highest BCUT2D eigenvalue weighted by atomic mass is 32.1. The van der Waals surface area contributed by atoms with Crippen LogP contribution >= 0.6 is 11.3 Å². The number of carbonyl (C=O) groups excluding carboxylic acids is 1. The van der Waals surface area contributed by atoms with Crippen molar-refractivity contribution in [3.8, 4) is 5.75 Å². The van der Waals surface area contributed by atoms with Crippen LogP contribution < -0.4 is 21.5 Å². The van der Waals surface area contributed by atoms with Crippen molar-refractivity contribution in [2.45, 2.75) is 13.0 Å². The Hall–Kier alpha value is -2.22. The summed E-state index contributed by atoms with van der Waals surface area (Å²) in [7, 11) is 1.50. The van der Waals surface area contributed by atoms with Crippen LogP contribution in [0.4, 0.5) is 10.7 Å². The molecule has 6 N–H and O–H groups in total. The van der Waals surface area contributed by atoms with Crippen LogP contribution in [-0.4, -0.2) is 23.2 Å². The summed E-state index contributed by atoms with van der Waals surface area (Å²) >= 11 is 1.18. The van der Waals surface area contributed by atoms with Crippen LogP contribution in [0.5, 0.6) is 5.75 Å². The van der Waals surface area contributed by atoms with E-state index in [-0.39, 0.29) is 11.7 Å². The first-order chi connectivity index (χ1) is 9.04. The predicted octanol–water partition coefficient (Wildman–Crippen LogP) is 1.33. The minimum atomic E-state index is -0.565. The van der Waals surface area contributed by atoms with Crippen molar-refractivity contribution in [1.29, 1.82) is 0 Å². The second kappa shape index (κ2) is 5.19. The van der Waals surface area contributed by atoms with Crippen molar-refractivity contribution in [2.24, 2.45) is 5.73 Å². The number of aromatic amines is 1. The molecule has 1 amide bonds. The molecule has 0 bridgehead atoms. The van der Waals surface area contributed by atoms with Crippen molar-refractivity contribution in [3.63, 3.8) is 0 Å². The van der Waals surface area contributed by atoms with E-state index in [2.05, 4.69) is 15.5 Å². The van der Waals surface area contributed by atoms with Gasteiger partial charge in [-0.2, -0.15) is 5.10 Å². The largest absolute Gasteiger partial charge is 0.492 e. The predicted molar refractivity (Wildman–Crippen MR) is 74.4 cm³/mol. The standard InChI is InChI=1S/C11H15N5O2S/c1-5(6-3-14-15-4-6)16-11-8(18-2)7(12)9(19-11)10(13)17/h3-5,16H,12H2,1-2H3,(H2,13,17)(H,14,15). The van der Waals surface area contributed by atoms with Gasteiger partial charge >= 0.3 is 0 Å². The molecule has 2 aromatic heterocycles. The van der Waals surface area contributed by atoms with Crippen molar-refractivity contribution >= 4 is 27.9 Å². The fourth-order valence-corrected chi connectivity index (χ4v) is 2.72. The summed E-state index contributed by atoms with van der Waals surface area (Å²) in [6, 6.07) is -0.00794. The number of anilines is 2.